The molecule has 2 bridgehead atoms. The van der Waals surface area contributed by atoms with E-state index in [0.29, 0.717) is 12.8 Å². The fraction of sp³-hybridized carbons (Fsp3) is 0.609. The van der Waals surface area contributed by atoms with Crippen molar-refractivity contribution in [2.24, 2.45) is 5.92 Å². The molecule has 0 radical (unpaired) electrons. The van der Waals surface area contributed by atoms with Crippen LogP contribution in [0.5, 0.6) is 0 Å². The van der Waals surface area contributed by atoms with Crippen LogP contribution in [0.15, 0.2) is 24.3 Å². The Labute approximate surface area is 179 Å². The Balaban J connectivity index is 1.39. The van der Waals surface area contributed by atoms with E-state index in [9.17, 15) is 14.4 Å². The minimum atomic E-state index is -1.06. The first-order chi connectivity index (χ1) is 14.9. The molecule has 0 saturated carbocycles. The molecule has 162 valence electrons. The zero-order chi connectivity index (χ0) is 21.3. The van der Waals surface area contributed by atoms with E-state index < -0.39 is 29.2 Å². The third-order valence-corrected chi connectivity index (χ3v) is 8.36. The van der Waals surface area contributed by atoms with E-state index in [1.54, 1.807) is 0 Å². The van der Waals surface area contributed by atoms with Crippen LogP contribution in [0.1, 0.15) is 44.7 Å². The molecule has 8 nitrogen and oxygen atoms in total. The van der Waals surface area contributed by atoms with E-state index in [0.717, 1.165) is 24.2 Å². The van der Waals surface area contributed by atoms with Crippen molar-refractivity contribution in [3.63, 3.8) is 0 Å². The van der Waals surface area contributed by atoms with Crippen molar-refractivity contribution in [1.82, 2.24) is 4.90 Å². The number of anilines is 1. The van der Waals surface area contributed by atoms with Gasteiger partial charge in [0.15, 0.2) is 5.60 Å². The number of nitrogens with zero attached hydrogens (tertiary/aromatic N) is 2. The number of carbonyl (C=O) groups is 3. The predicted molar refractivity (Wildman–Crippen MR) is 106 cm³/mol. The third kappa shape index (κ3) is 1.93. The second-order valence-electron chi connectivity index (χ2n) is 9.85. The lowest BCUT2D eigenvalue weighted by Crippen LogP contribution is -2.57. The molecule has 0 aromatic heterocycles. The summed E-state index contributed by atoms with van der Waals surface area (Å²) in [5.41, 5.74) is -0.0980. The van der Waals surface area contributed by atoms with Crippen LogP contribution >= 0.6 is 0 Å². The number of epoxide rings is 1. The summed E-state index contributed by atoms with van der Waals surface area (Å²) in [6.07, 6.45) is 1.25. The maximum absolute atomic E-state index is 13.9. The van der Waals surface area contributed by atoms with Gasteiger partial charge in [-0.2, -0.15) is 0 Å². The smallest absolute Gasteiger partial charge is 0.303 e. The fourth-order valence-corrected chi connectivity index (χ4v) is 7.38. The van der Waals surface area contributed by atoms with Gasteiger partial charge in [0.2, 0.25) is 11.8 Å². The summed E-state index contributed by atoms with van der Waals surface area (Å²) < 4.78 is 18.4. The topological polar surface area (TPSA) is 88.7 Å². The van der Waals surface area contributed by atoms with Crippen molar-refractivity contribution >= 4 is 23.5 Å². The van der Waals surface area contributed by atoms with Crippen molar-refractivity contribution in [3.8, 4) is 0 Å². The summed E-state index contributed by atoms with van der Waals surface area (Å²) in [7, 11) is 0. The summed E-state index contributed by atoms with van der Waals surface area (Å²) in [5, 5.41) is 0. The molecule has 5 saturated heterocycles. The number of para-hydroxylation sites is 1. The van der Waals surface area contributed by atoms with Gasteiger partial charge in [0.05, 0.1) is 12.1 Å². The lowest BCUT2D eigenvalue weighted by atomic mass is 9.67. The van der Waals surface area contributed by atoms with Crippen LogP contribution in [0.3, 0.4) is 0 Å². The summed E-state index contributed by atoms with van der Waals surface area (Å²) in [6.45, 7) is 3.91. The molecule has 0 aliphatic carbocycles. The molecule has 6 heterocycles. The maximum Gasteiger partial charge on any atom is 0.303 e. The Hall–Kier alpha value is -2.45. The molecule has 1 spiro atoms. The van der Waals surface area contributed by atoms with Crippen LogP contribution in [0, 0.1) is 5.92 Å². The second kappa shape index (κ2) is 5.48. The number of carbonyl (C=O) groups excluding carboxylic acids is 3. The quantitative estimate of drug-likeness (QED) is 0.526. The molecule has 31 heavy (non-hydrogen) atoms. The number of benzene rings is 1. The van der Waals surface area contributed by atoms with Gasteiger partial charge in [-0.1, -0.05) is 18.2 Å². The first-order valence-corrected chi connectivity index (χ1v) is 11.1. The van der Waals surface area contributed by atoms with Gasteiger partial charge < -0.3 is 24.0 Å². The van der Waals surface area contributed by atoms with Crippen LogP contribution in [-0.4, -0.2) is 64.8 Å². The number of rotatable bonds is 2. The lowest BCUT2D eigenvalue weighted by Gasteiger charge is -2.44. The van der Waals surface area contributed by atoms with E-state index >= 15 is 0 Å². The van der Waals surface area contributed by atoms with Crippen LogP contribution in [0.4, 0.5) is 5.69 Å². The summed E-state index contributed by atoms with van der Waals surface area (Å²) in [6, 6.07) is 7.47. The first-order valence-electron chi connectivity index (χ1n) is 11.1. The van der Waals surface area contributed by atoms with E-state index in [1.807, 2.05) is 41.0 Å². The number of hydrogen-bond donors (Lipinski definition) is 0. The average molecular weight is 424 g/mol. The Morgan fingerprint density at radius 1 is 1.23 bits per heavy atom. The molecule has 6 aliphatic heterocycles. The van der Waals surface area contributed by atoms with Gasteiger partial charge in [-0.15, -0.1) is 0 Å². The highest BCUT2D eigenvalue weighted by atomic mass is 16.7. The van der Waals surface area contributed by atoms with Gasteiger partial charge in [-0.25, -0.2) is 0 Å². The van der Waals surface area contributed by atoms with Gasteiger partial charge in [0.1, 0.15) is 29.8 Å². The zero-order valence-corrected chi connectivity index (χ0v) is 17.4. The molecule has 0 N–H and O–H groups in total. The summed E-state index contributed by atoms with van der Waals surface area (Å²) in [5.74, 6) is -0.967. The highest BCUT2D eigenvalue weighted by Gasteiger charge is 2.89. The first kappa shape index (κ1) is 18.2. The largest absolute Gasteiger partial charge is 0.456 e. The zero-order valence-electron chi connectivity index (χ0n) is 17.4. The van der Waals surface area contributed by atoms with Crippen molar-refractivity contribution in [1.29, 1.82) is 0 Å². The minimum absolute atomic E-state index is 0.0798. The number of likely N-dealkylation sites (tertiary alicyclic amines) is 1. The molecule has 1 aromatic rings. The number of esters is 1. The van der Waals surface area contributed by atoms with Crippen molar-refractivity contribution in [3.05, 3.63) is 29.8 Å². The second-order valence-corrected chi connectivity index (χ2v) is 9.85. The Morgan fingerprint density at radius 2 is 2.03 bits per heavy atom. The predicted octanol–water partition coefficient (Wildman–Crippen LogP) is 1.33. The molecule has 7 rings (SSSR count). The van der Waals surface area contributed by atoms with Gasteiger partial charge >= 0.3 is 5.97 Å². The molecule has 5 fully saturated rings. The lowest BCUT2D eigenvalue weighted by molar-refractivity contribution is -0.167. The summed E-state index contributed by atoms with van der Waals surface area (Å²) in [4.78, 5) is 42.4. The SMILES string of the molecule is CC(=O)O[C@]1(C)[C@@H]2O[C@@]3([C@@H]4C[C@H](N5CCCC5=O)c5ccccc5N4C(=O)[C@H]13)[C@H]1O[C@@H]21. The number of amides is 2. The number of fused-ring (bicyclic) bond motifs is 6. The molecular formula is C23H24N2O6. The number of ether oxygens (including phenoxy) is 3. The van der Waals surface area contributed by atoms with Gasteiger partial charge in [0.25, 0.3) is 0 Å². The maximum atomic E-state index is 13.9. The Morgan fingerprint density at radius 3 is 2.77 bits per heavy atom. The summed E-state index contributed by atoms with van der Waals surface area (Å²) >= 11 is 0. The Kier molecular flexibility index (Phi) is 3.21. The molecule has 1 aromatic carbocycles. The average Bonchev–Trinajstić information content (AvgIpc) is 3.08. The van der Waals surface area contributed by atoms with Crippen molar-refractivity contribution in [2.75, 3.05) is 11.4 Å². The molecule has 8 heteroatoms. The highest BCUT2D eigenvalue weighted by molar-refractivity contribution is 6.03. The minimum Gasteiger partial charge on any atom is -0.456 e. The van der Waals surface area contributed by atoms with Gasteiger partial charge in [0, 0.05) is 25.6 Å². The van der Waals surface area contributed by atoms with E-state index in [1.165, 1.54) is 6.92 Å². The van der Waals surface area contributed by atoms with E-state index in [4.69, 9.17) is 14.2 Å². The van der Waals surface area contributed by atoms with E-state index in [-0.39, 0.29) is 36.1 Å². The van der Waals surface area contributed by atoms with Crippen LogP contribution in [0.2, 0.25) is 0 Å². The molecule has 6 aliphatic rings. The molecule has 8 atom stereocenters. The molecule has 2 amide bonds. The van der Waals surface area contributed by atoms with Gasteiger partial charge in [-0.3, -0.25) is 14.4 Å². The Bertz CT molecular complexity index is 1060. The fourth-order valence-electron chi connectivity index (χ4n) is 7.38. The van der Waals surface area contributed by atoms with Crippen LogP contribution < -0.4 is 4.90 Å². The van der Waals surface area contributed by atoms with E-state index in [2.05, 4.69) is 0 Å². The van der Waals surface area contributed by atoms with Gasteiger partial charge in [-0.05, 0) is 31.4 Å². The monoisotopic (exact) mass is 424 g/mol. The molecular weight excluding hydrogens is 400 g/mol. The highest BCUT2D eigenvalue weighted by Crippen LogP contribution is 2.69. The van der Waals surface area contributed by atoms with Crippen LogP contribution in [0.25, 0.3) is 0 Å². The molecule has 0 unspecified atom stereocenters. The third-order valence-electron chi connectivity index (χ3n) is 8.36. The normalized spacial score (nSPS) is 46.0. The standard InChI is InChI=1S/C23H24N2O6/c1-11(26)30-22(2)18-21(28)25-13-7-4-3-6-12(13)14(24-9-5-8-16(24)27)10-15(25)23(18)20-17(29-20)19(22)31-23/h3-4,6-7,14-15,17-20H,5,8-10H2,1-2H3/t14-,15-,17-,18+,19+,20-,22-,23+/m0/s1. The van der Waals surface area contributed by atoms with Crippen molar-refractivity contribution in [2.45, 2.75) is 74.7 Å². The van der Waals surface area contributed by atoms with Crippen molar-refractivity contribution < 1.29 is 28.6 Å². The number of hydrogen-bond acceptors (Lipinski definition) is 6. The van der Waals surface area contributed by atoms with Crippen LogP contribution in [-0.2, 0) is 28.6 Å².